The molecule has 0 bridgehead atoms. The van der Waals surface area contributed by atoms with E-state index in [1.165, 1.54) is 6.26 Å². The Bertz CT molecular complexity index is 873. The summed E-state index contributed by atoms with van der Waals surface area (Å²) >= 11 is 7.19. The molecule has 0 spiro atoms. The number of carboxylic acids is 1. The predicted octanol–water partition coefficient (Wildman–Crippen LogP) is 3.65. The molecule has 0 unspecified atom stereocenters. The van der Waals surface area contributed by atoms with Crippen LogP contribution in [0.15, 0.2) is 27.3 Å². The second kappa shape index (κ2) is 5.11. The molecule has 2 saturated heterocycles. The van der Waals surface area contributed by atoms with Crippen LogP contribution in [-0.4, -0.2) is 36.2 Å². The number of nitrogens with zero attached hydrogens (tertiary/aromatic N) is 2. The molecule has 2 aliphatic rings. The first-order chi connectivity index (χ1) is 11.7. The fourth-order valence-electron chi connectivity index (χ4n) is 4.06. The second-order valence-corrected chi connectivity index (χ2v) is 9.14. The monoisotopic (exact) mass is 378 g/mol. The van der Waals surface area contributed by atoms with Crippen LogP contribution in [0.25, 0.3) is 11.5 Å². The third-order valence-electron chi connectivity index (χ3n) is 5.24. The standard InChI is InChI=1S/C17H18N2O4S2/c1-8-13(24)19-14(8)25-16(3,4)17(19,15(20)21)11-9(2)18-23-12(11)10-6-5-7-22-10/h5-8,14H,1-4H3,(H,20,21)/t8-,14-,17+/m1/s1. The summed E-state index contributed by atoms with van der Waals surface area (Å²) in [4.78, 5) is 15.3. The minimum atomic E-state index is -1.36. The van der Waals surface area contributed by atoms with E-state index < -0.39 is 16.3 Å². The van der Waals surface area contributed by atoms with Gasteiger partial charge in [-0.15, -0.1) is 11.8 Å². The lowest BCUT2D eigenvalue weighted by Gasteiger charge is -2.51. The molecule has 0 saturated carbocycles. The van der Waals surface area contributed by atoms with Gasteiger partial charge in [-0.1, -0.05) is 24.3 Å². The molecule has 132 valence electrons. The number of thiocarbonyl (C=S) groups is 1. The van der Waals surface area contributed by atoms with Crippen LogP contribution in [0, 0.1) is 12.8 Å². The average molecular weight is 378 g/mol. The molecule has 0 aromatic carbocycles. The Kier molecular flexibility index (Phi) is 3.40. The number of furan rings is 1. The maximum absolute atomic E-state index is 12.7. The number of aliphatic carboxylic acids is 1. The van der Waals surface area contributed by atoms with Gasteiger partial charge in [-0.25, -0.2) is 4.79 Å². The van der Waals surface area contributed by atoms with Crippen LogP contribution >= 0.6 is 24.0 Å². The van der Waals surface area contributed by atoms with E-state index in [9.17, 15) is 9.90 Å². The summed E-state index contributed by atoms with van der Waals surface area (Å²) in [6.45, 7) is 7.68. The second-order valence-electron chi connectivity index (χ2n) is 6.98. The van der Waals surface area contributed by atoms with Gasteiger partial charge in [0.1, 0.15) is 0 Å². The Morgan fingerprint density at radius 2 is 2.20 bits per heavy atom. The third-order valence-corrected chi connectivity index (χ3v) is 7.55. The minimum absolute atomic E-state index is 0.0253. The summed E-state index contributed by atoms with van der Waals surface area (Å²) in [5, 5.41) is 14.5. The van der Waals surface area contributed by atoms with Crippen LogP contribution in [0.4, 0.5) is 0 Å². The number of aromatic nitrogens is 1. The van der Waals surface area contributed by atoms with Crippen LogP contribution < -0.4 is 0 Å². The van der Waals surface area contributed by atoms with Gasteiger partial charge in [0.15, 0.2) is 11.3 Å². The first kappa shape index (κ1) is 16.7. The Morgan fingerprint density at radius 1 is 1.48 bits per heavy atom. The van der Waals surface area contributed by atoms with Crippen molar-refractivity contribution in [3.05, 3.63) is 29.7 Å². The number of fused-ring (bicyclic) bond motifs is 1. The van der Waals surface area contributed by atoms with Crippen molar-refractivity contribution in [2.24, 2.45) is 5.92 Å². The number of carbonyl (C=O) groups is 1. The summed E-state index contributed by atoms with van der Waals surface area (Å²) in [5.41, 5.74) is -0.312. The molecule has 3 atom stereocenters. The van der Waals surface area contributed by atoms with E-state index in [0.29, 0.717) is 27.8 Å². The highest BCUT2D eigenvalue weighted by Gasteiger charge is 2.72. The zero-order valence-corrected chi connectivity index (χ0v) is 15.9. The normalized spacial score (nSPS) is 30.2. The molecule has 2 aliphatic heterocycles. The Hall–Kier alpha value is -1.80. The molecule has 0 radical (unpaired) electrons. The lowest BCUT2D eigenvalue weighted by Crippen LogP contribution is -2.67. The minimum Gasteiger partial charge on any atom is -0.479 e. The van der Waals surface area contributed by atoms with Crippen LogP contribution in [0.1, 0.15) is 32.0 Å². The zero-order valence-electron chi connectivity index (χ0n) is 14.3. The van der Waals surface area contributed by atoms with Gasteiger partial charge in [0.2, 0.25) is 5.76 Å². The number of aryl methyl sites for hydroxylation is 1. The van der Waals surface area contributed by atoms with E-state index in [-0.39, 0.29) is 11.3 Å². The van der Waals surface area contributed by atoms with Crippen LogP contribution in [0.3, 0.4) is 0 Å². The lowest BCUT2D eigenvalue weighted by atomic mass is 9.74. The lowest BCUT2D eigenvalue weighted by molar-refractivity contribution is -0.152. The van der Waals surface area contributed by atoms with E-state index in [4.69, 9.17) is 21.2 Å². The number of rotatable bonds is 3. The molecule has 1 N–H and O–H groups in total. The highest BCUT2D eigenvalue weighted by molar-refractivity contribution is 8.01. The van der Waals surface area contributed by atoms with Crippen molar-refractivity contribution in [1.29, 1.82) is 0 Å². The van der Waals surface area contributed by atoms with Crippen molar-refractivity contribution >= 4 is 34.9 Å². The summed E-state index contributed by atoms with van der Waals surface area (Å²) in [7, 11) is 0. The molecular formula is C17H18N2O4S2. The van der Waals surface area contributed by atoms with E-state index >= 15 is 0 Å². The molecule has 6 nitrogen and oxygen atoms in total. The molecule has 4 rings (SSSR count). The van der Waals surface area contributed by atoms with Gasteiger partial charge in [0.25, 0.3) is 0 Å². The van der Waals surface area contributed by atoms with Crippen molar-refractivity contribution < 1.29 is 18.8 Å². The van der Waals surface area contributed by atoms with Gasteiger partial charge in [0, 0.05) is 5.92 Å². The van der Waals surface area contributed by atoms with Gasteiger partial charge < -0.3 is 18.9 Å². The summed E-state index contributed by atoms with van der Waals surface area (Å²) in [5.74, 6) is 0.00938. The Morgan fingerprint density at radius 3 is 2.80 bits per heavy atom. The van der Waals surface area contributed by atoms with Crippen molar-refractivity contribution in [3.63, 3.8) is 0 Å². The molecule has 0 amide bonds. The molecule has 2 fully saturated rings. The van der Waals surface area contributed by atoms with E-state index in [1.54, 1.807) is 30.8 Å². The van der Waals surface area contributed by atoms with Crippen LogP contribution in [0.2, 0.25) is 0 Å². The number of hydrogen-bond acceptors (Lipinski definition) is 6. The van der Waals surface area contributed by atoms with E-state index in [2.05, 4.69) is 5.16 Å². The summed E-state index contributed by atoms with van der Waals surface area (Å²) in [6, 6.07) is 3.47. The van der Waals surface area contributed by atoms with Gasteiger partial charge in [-0.05, 0) is 32.9 Å². The Balaban J connectivity index is 2.03. The van der Waals surface area contributed by atoms with Gasteiger partial charge >= 0.3 is 5.97 Å². The largest absolute Gasteiger partial charge is 0.479 e. The first-order valence-electron chi connectivity index (χ1n) is 7.98. The molecular weight excluding hydrogens is 360 g/mol. The van der Waals surface area contributed by atoms with E-state index in [1.807, 2.05) is 25.7 Å². The number of thioether (sulfide) groups is 1. The van der Waals surface area contributed by atoms with Gasteiger partial charge in [-0.3, -0.25) is 0 Å². The van der Waals surface area contributed by atoms with Crippen LogP contribution in [-0.2, 0) is 10.3 Å². The van der Waals surface area contributed by atoms with Crippen molar-refractivity contribution in [1.82, 2.24) is 10.1 Å². The fraction of sp³-hybridized carbons (Fsp3) is 0.471. The molecule has 2 aromatic heterocycles. The number of carboxylic acid groups (broad SMARTS) is 1. The molecule has 0 aliphatic carbocycles. The Labute approximate surface area is 154 Å². The molecule has 8 heteroatoms. The summed E-state index contributed by atoms with van der Waals surface area (Å²) < 4.78 is 10.3. The highest BCUT2D eigenvalue weighted by atomic mass is 32.2. The smallest absolute Gasteiger partial charge is 0.336 e. The highest BCUT2D eigenvalue weighted by Crippen LogP contribution is 2.64. The summed E-state index contributed by atoms with van der Waals surface area (Å²) in [6.07, 6.45) is 1.53. The van der Waals surface area contributed by atoms with E-state index in [0.717, 1.165) is 0 Å². The van der Waals surface area contributed by atoms with Crippen molar-refractivity contribution in [2.45, 2.75) is 43.4 Å². The van der Waals surface area contributed by atoms with Crippen molar-refractivity contribution in [3.8, 4) is 11.5 Å². The number of hydrogen-bond donors (Lipinski definition) is 1. The van der Waals surface area contributed by atoms with Gasteiger partial charge in [0.05, 0.1) is 32.6 Å². The maximum Gasteiger partial charge on any atom is 0.336 e. The third kappa shape index (κ3) is 1.84. The average Bonchev–Trinajstić information content (AvgIpc) is 3.23. The fourth-order valence-corrected chi connectivity index (χ4v) is 6.36. The van der Waals surface area contributed by atoms with Gasteiger partial charge in [-0.2, -0.15) is 0 Å². The topological polar surface area (TPSA) is 79.7 Å². The van der Waals surface area contributed by atoms with Crippen LogP contribution in [0.5, 0.6) is 0 Å². The first-order valence-corrected chi connectivity index (χ1v) is 9.27. The maximum atomic E-state index is 12.7. The molecule has 25 heavy (non-hydrogen) atoms. The zero-order chi connectivity index (χ0) is 18.1. The van der Waals surface area contributed by atoms with Crippen molar-refractivity contribution in [2.75, 3.05) is 0 Å². The molecule has 4 heterocycles. The molecule has 2 aromatic rings. The SMILES string of the molecule is Cc1noc(-c2ccco2)c1[C@@]1(C(=O)O)N2C(=S)[C@@H](C)[C@H]2SC1(C)C. The quantitative estimate of drug-likeness (QED) is 0.811. The predicted molar refractivity (Wildman–Crippen MR) is 97.3 cm³/mol.